The minimum atomic E-state index is -0.404. The Hall–Kier alpha value is -1.60. The van der Waals surface area contributed by atoms with E-state index in [1.54, 1.807) is 0 Å². The zero-order chi connectivity index (χ0) is 20.7. The molecule has 3 heteroatoms. The zero-order valence-electron chi connectivity index (χ0n) is 17.9. The van der Waals surface area contributed by atoms with Crippen LogP contribution in [0, 0.1) is 0 Å². The van der Waals surface area contributed by atoms with E-state index < -0.39 is 7.92 Å². The molecule has 0 bridgehead atoms. The van der Waals surface area contributed by atoms with Gasteiger partial charge in [-0.15, -0.1) is 11.8 Å². The maximum atomic E-state index is 3.88. The highest BCUT2D eigenvalue weighted by Gasteiger charge is 2.28. The summed E-state index contributed by atoms with van der Waals surface area (Å²) in [5, 5.41) is 6.78. The van der Waals surface area contributed by atoms with Crippen molar-refractivity contribution < 1.29 is 0 Å². The van der Waals surface area contributed by atoms with E-state index in [1.807, 2.05) is 11.8 Å². The molecular weight excluding hydrogens is 389 g/mol. The number of nitrogens with one attached hydrogen (secondary N) is 1. The molecule has 0 radical (unpaired) electrons. The van der Waals surface area contributed by atoms with Gasteiger partial charge in [-0.1, -0.05) is 78.9 Å². The molecule has 3 aromatic carbocycles. The maximum absolute atomic E-state index is 3.88. The minimum Gasteiger partial charge on any atom is -0.310 e. The molecule has 0 unspecified atom stereocenters. The fourth-order valence-electron chi connectivity index (χ4n) is 3.29. The van der Waals surface area contributed by atoms with E-state index in [0.717, 1.165) is 12.7 Å². The lowest BCUT2D eigenvalue weighted by Crippen LogP contribution is -2.48. The van der Waals surface area contributed by atoms with Gasteiger partial charge in [0, 0.05) is 21.7 Å². The van der Waals surface area contributed by atoms with Crippen molar-refractivity contribution in [3.63, 3.8) is 0 Å². The van der Waals surface area contributed by atoms with E-state index in [9.17, 15) is 0 Å². The molecule has 1 nitrogen and oxygen atoms in total. The smallest absolute Gasteiger partial charge is 0.0275 e. The SMILES string of the molecule is CC(C)(CP(c1ccccc1)c1ccccc1)NCC(C)(C)Sc1ccccc1. The van der Waals surface area contributed by atoms with Gasteiger partial charge in [-0.05, 0) is 64.5 Å². The molecule has 0 spiro atoms. The molecule has 152 valence electrons. The number of hydrogen-bond donors (Lipinski definition) is 1. The highest BCUT2D eigenvalue weighted by molar-refractivity contribution is 8.00. The Labute approximate surface area is 182 Å². The molecule has 0 saturated carbocycles. The number of thioether (sulfide) groups is 1. The highest BCUT2D eigenvalue weighted by Crippen LogP contribution is 2.38. The van der Waals surface area contributed by atoms with Crippen LogP contribution in [0.5, 0.6) is 0 Å². The van der Waals surface area contributed by atoms with Gasteiger partial charge in [0.2, 0.25) is 0 Å². The molecule has 1 N–H and O–H groups in total. The first-order valence-corrected chi connectivity index (χ1v) is 12.6. The first-order valence-electron chi connectivity index (χ1n) is 10.2. The Bertz CT molecular complexity index is 823. The minimum absolute atomic E-state index is 0.0475. The molecule has 0 amide bonds. The summed E-state index contributed by atoms with van der Waals surface area (Å²) in [7, 11) is -0.404. The lowest BCUT2D eigenvalue weighted by molar-refractivity contribution is 0.411. The summed E-state index contributed by atoms with van der Waals surface area (Å²) in [4.78, 5) is 1.33. The lowest BCUT2D eigenvalue weighted by atomic mass is 10.1. The molecule has 0 aliphatic carbocycles. The second-order valence-electron chi connectivity index (χ2n) is 8.67. The summed E-state index contributed by atoms with van der Waals surface area (Å²) < 4.78 is 0.126. The normalized spacial score (nSPS) is 12.3. The van der Waals surface area contributed by atoms with Crippen LogP contribution in [-0.2, 0) is 0 Å². The zero-order valence-corrected chi connectivity index (χ0v) is 19.6. The summed E-state index contributed by atoms with van der Waals surface area (Å²) in [6, 6.07) is 32.7. The predicted octanol–water partition coefficient (Wildman–Crippen LogP) is 6.06. The summed E-state index contributed by atoms with van der Waals surface area (Å²) in [5.74, 6) is 0. The van der Waals surface area contributed by atoms with Gasteiger partial charge in [0.1, 0.15) is 0 Å². The van der Waals surface area contributed by atoms with E-state index in [2.05, 4.69) is 124 Å². The number of benzene rings is 3. The Balaban J connectivity index is 1.70. The average Bonchev–Trinajstić information content (AvgIpc) is 2.73. The van der Waals surface area contributed by atoms with Gasteiger partial charge < -0.3 is 5.32 Å². The van der Waals surface area contributed by atoms with Gasteiger partial charge in [-0.3, -0.25) is 0 Å². The quantitative estimate of drug-likeness (QED) is 0.333. The fraction of sp³-hybridized carbons (Fsp3) is 0.308. The van der Waals surface area contributed by atoms with Crippen LogP contribution >= 0.6 is 19.7 Å². The van der Waals surface area contributed by atoms with Crippen LogP contribution < -0.4 is 15.9 Å². The standard InChI is InChI=1S/C26H32NPS/c1-25(2,27-20-26(3,4)29-24-18-12-7-13-19-24)21-28(22-14-8-5-9-15-22)23-16-10-6-11-17-23/h5-19,27H,20-21H2,1-4H3. The Kier molecular flexibility index (Phi) is 7.57. The molecule has 3 rings (SSSR count). The molecule has 0 aliphatic rings. The van der Waals surface area contributed by atoms with Crippen LogP contribution in [0.15, 0.2) is 95.9 Å². The van der Waals surface area contributed by atoms with Gasteiger partial charge >= 0.3 is 0 Å². The molecule has 29 heavy (non-hydrogen) atoms. The van der Waals surface area contributed by atoms with Gasteiger partial charge in [0.15, 0.2) is 0 Å². The van der Waals surface area contributed by atoms with Crippen molar-refractivity contribution >= 4 is 30.3 Å². The second kappa shape index (κ2) is 9.94. The molecular formula is C26H32NPS. The third kappa shape index (κ3) is 7.00. The second-order valence-corrected chi connectivity index (χ2v) is 12.7. The van der Waals surface area contributed by atoms with Gasteiger partial charge in [0.25, 0.3) is 0 Å². The maximum Gasteiger partial charge on any atom is 0.0275 e. The summed E-state index contributed by atoms with van der Waals surface area (Å²) in [5.41, 5.74) is 0.0475. The Morgan fingerprint density at radius 3 is 1.62 bits per heavy atom. The van der Waals surface area contributed by atoms with Crippen LogP contribution in [0.2, 0.25) is 0 Å². The van der Waals surface area contributed by atoms with Crippen molar-refractivity contribution in [2.45, 2.75) is 42.9 Å². The van der Waals surface area contributed by atoms with E-state index in [0.29, 0.717) is 0 Å². The van der Waals surface area contributed by atoms with Crippen molar-refractivity contribution in [1.82, 2.24) is 5.32 Å². The van der Waals surface area contributed by atoms with Gasteiger partial charge in [-0.25, -0.2) is 0 Å². The van der Waals surface area contributed by atoms with Crippen LogP contribution in [0.25, 0.3) is 0 Å². The third-order valence-corrected chi connectivity index (χ3v) is 8.97. The van der Waals surface area contributed by atoms with E-state index in [1.165, 1.54) is 15.5 Å². The van der Waals surface area contributed by atoms with Crippen molar-refractivity contribution in [3.8, 4) is 0 Å². The van der Waals surface area contributed by atoms with Crippen molar-refractivity contribution in [2.24, 2.45) is 0 Å². The monoisotopic (exact) mass is 421 g/mol. The number of hydrogen-bond acceptors (Lipinski definition) is 2. The van der Waals surface area contributed by atoms with Crippen molar-refractivity contribution in [1.29, 1.82) is 0 Å². The molecule has 0 saturated heterocycles. The van der Waals surface area contributed by atoms with Crippen molar-refractivity contribution in [3.05, 3.63) is 91.0 Å². The largest absolute Gasteiger partial charge is 0.310 e. The predicted molar refractivity (Wildman–Crippen MR) is 132 cm³/mol. The van der Waals surface area contributed by atoms with Crippen LogP contribution in [0.3, 0.4) is 0 Å². The Morgan fingerprint density at radius 2 is 1.14 bits per heavy atom. The van der Waals surface area contributed by atoms with Crippen LogP contribution in [-0.4, -0.2) is 23.0 Å². The summed E-state index contributed by atoms with van der Waals surface area (Å²) in [6.07, 6.45) is 1.11. The molecule has 0 fully saturated rings. The first kappa shape index (κ1) is 22.1. The Morgan fingerprint density at radius 1 is 0.690 bits per heavy atom. The van der Waals surface area contributed by atoms with E-state index in [4.69, 9.17) is 0 Å². The van der Waals surface area contributed by atoms with E-state index in [-0.39, 0.29) is 10.3 Å². The topological polar surface area (TPSA) is 12.0 Å². The summed E-state index contributed by atoms with van der Waals surface area (Å²) in [6.45, 7) is 10.3. The summed E-state index contributed by atoms with van der Waals surface area (Å²) >= 11 is 1.94. The number of rotatable bonds is 9. The molecule has 0 heterocycles. The van der Waals surface area contributed by atoms with Gasteiger partial charge in [0.05, 0.1) is 0 Å². The highest BCUT2D eigenvalue weighted by atomic mass is 32.2. The van der Waals surface area contributed by atoms with Crippen LogP contribution in [0.4, 0.5) is 0 Å². The first-order chi connectivity index (χ1) is 13.8. The molecule has 3 aromatic rings. The lowest BCUT2D eigenvalue weighted by Gasteiger charge is -2.35. The average molecular weight is 422 g/mol. The van der Waals surface area contributed by atoms with Gasteiger partial charge in [-0.2, -0.15) is 0 Å². The van der Waals surface area contributed by atoms with Crippen molar-refractivity contribution in [2.75, 3.05) is 12.7 Å². The van der Waals surface area contributed by atoms with E-state index >= 15 is 0 Å². The fourth-order valence-corrected chi connectivity index (χ4v) is 7.00. The van der Waals surface area contributed by atoms with Crippen LogP contribution in [0.1, 0.15) is 27.7 Å². The molecule has 0 aliphatic heterocycles. The molecule has 0 aromatic heterocycles. The third-order valence-electron chi connectivity index (χ3n) is 4.82. The molecule has 0 atom stereocenters.